The average Bonchev–Trinajstić information content (AvgIpc) is 3.35. The predicted molar refractivity (Wildman–Crippen MR) is 202 cm³/mol. The van der Waals surface area contributed by atoms with E-state index in [1.165, 1.54) is 24.4 Å². The Bertz CT molecular complexity index is 1990. The Morgan fingerprint density at radius 1 is 1.05 bits per heavy atom. The zero-order valence-corrected chi connectivity index (χ0v) is 33.1. The summed E-state index contributed by atoms with van der Waals surface area (Å²) in [5.41, 5.74) is -2.76. The molecule has 3 aliphatic heterocycles. The van der Waals surface area contributed by atoms with Crippen molar-refractivity contribution in [1.29, 1.82) is 5.26 Å². The van der Waals surface area contributed by atoms with Crippen molar-refractivity contribution >= 4 is 52.3 Å². The first-order chi connectivity index (χ1) is 27.8. The molecule has 1 aliphatic carbocycles. The highest BCUT2D eigenvalue weighted by Crippen LogP contribution is 2.40. The van der Waals surface area contributed by atoms with E-state index in [0.29, 0.717) is 70.0 Å². The molecule has 0 radical (unpaired) electrons. The van der Waals surface area contributed by atoms with Gasteiger partial charge in [0.25, 0.3) is 5.91 Å². The summed E-state index contributed by atoms with van der Waals surface area (Å²) < 4.78 is 89.7. The topological polar surface area (TPSA) is 164 Å². The highest BCUT2D eigenvalue weighted by Gasteiger charge is 2.53. The summed E-state index contributed by atoms with van der Waals surface area (Å²) >= 11 is 5.65. The molecule has 2 atom stereocenters. The third kappa shape index (κ3) is 9.82. The van der Waals surface area contributed by atoms with Crippen molar-refractivity contribution in [1.82, 2.24) is 30.0 Å². The number of anilines is 2. The van der Waals surface area contributed by atoms with E-state index in [1.807, 2.05) is 0 Å². The molecule has 4 aliphatic rings. The van der Waals surface area contributed by atoms with Crippen LogP contribution in [0.15, 0.2) is 30.6 Å². The number of carbonyl (C=O) groups excluding carboxylic acids is 4. The number of ether oxygens (including phenoxy) is 1. The van der Waals surface area contributed by atoms with E-state index >= 15 is 0 Å². The molecule has 4 amide bonds. The van der Waals surface area contributed by atoms with Gasteiger partial charge in [-0.2, -0.15) is 31.6 Å². The van der Waals surface area contributed by atoms with Crippen LogP contribution in [0.1, 0.15) is 81.7 Å². The number of imide groups is 1. The summed E-state index contributed by atoms with van der Waals surface area (Å²) in [6.45, 7) is 3.46. The van der Waals surface area contributed by atoms with E-state index in [4.69, 9.17) is 22.2 Å². The molecule has 0 aromatic carbocycles. The number of halogens is 6. The van der Waals surface area contributed by atoms with Gasteiger partial charge in [0.1, 0.15) is 17.6 Å². The lowest BCUT2D eigenvalue weighted by Gasteiger charge is -2.42. The van der Waals surface area contributed by atoms with Crippen molar-refractivity contribution in [3.8, 4) is 6.07 Å². The number of thiocarbonyl (C=S) groups is 1. The lowest BCUT2D eigenvalue weighted by atomic mass is 9.89. The first-order valence-electron chi connectivity index (χ1n) is 19.2. The molecular formula is C38H43F6N9O5S. The molecule has 21 heteroatoms. The van der Waals surface area contributed by atoms with Crippen LogP contribution >= 0.6 is 12.2 Å². The van der Waals surface area contributed by atoms with E-state index in [2.05, 4.69) is 20.6 Å². The predicted octanol–water partition coefficient (Wildman–Crippen LogP) is 4.50. The molecule has 318 valence electrons. The zero-order valence-electron chi connectivity index (χ0n) is 32.2. The second-order valence-electron chi connectivity index (χ2n) is 15.6. The molecule has 14 nitrogen and oxygen atoms in total. The van der Waals surface area contributed by atoms with Gasteiger partial charge in [-0.1, -0.05) is 0 Å². The van der Waals surface area contributed by atoms with Gasteiger partial charge in [-0.25, -0.2) is 4.98 Å². The van der Waals surface area contributed by atoms with Gasteiger partial charge in [-0.15, -0.1) is 0 Å². The van der Waals surface area contributed by atoms with Gasteiger partial charge in [0.05, 0.1) is 53.6 Å². The highest BCUT2D eigenvalue weighted by atomic mass is 32.1. The zero-order chi connectivity index (χ0) is 42.9. The Labute approximate surface area is 341 Å². The van der Waals surface area contributed by atoms with Crippen molar-refractivity contribution in [2.24, 2.45) is 0 Å². The van der Waals surface area contributed by atoms with Crippen LogP contribution in [0, 0.1) is 11.3 Å². The largest absolute Gasteiger partial charge is 0.419 e. The summed E-state index contributed by atoms with van der Waals surface area (Å²) in [5, 5.41) is 14.0. The van der Waals surface area contributed by atoms with Crippen LogP contribution in [0.5, 0.6) is 0 Å². The summed E-state index contributed by atoms with van der Waals surface area (Å²) in [4.78, 5) is 63.3. The number of alkyl halides is 6. The molecule has 6 rings (SSSR count). The van der Waals surface area contributed by atoms with Gasteiger partial charge in [-0.05, 0) is 82.8 Å². The van der Waals surface area contributed by atoms with E-state index in [1.54, 1.807) is 23.6 Å². The Hall–Kier alpha value is -4.78. The third-order valence-electron chi connectivity index (χ3n) is 11.2. The fourth-order valence-corrected chi connectivity index (χ4v) is 8.73. The summed E-state index contributed by atoms with van der Waals surface area (Å²) in [5.74, 6) is -2.60. The van der Waals surface area contributed by atoms with E-state index < -0.39 is 65.4 Å². The number of pyridine rings is 2. The van der Waals surface area contributed by atoms with Crippen LogP contribution in [0.4, 0.5) is 37.7 Å². The number of piperidine rings is 1. The fourth-order valence-electron chi connectivity index (χ4n) is 8.17. The molecule has 5 heterocycles. The Morgan fingerprint density at radius 2 is 1.78 bits per heavy atom. The normalized spacial score (nSPS) is 24.6. The van der Waals surface area contributed by atoms with Gasteiger partial charge < -0.3 is 19.9 Å². The van der Waals surface area contributed by atoms with Gasteiger partial charge in [0.15, 0.2) is 10.8 Å². The van der Waals surface area contributed by atoms with Gasteiger partial charge >= 0.3 is 12.4 Å². The number of piperazine rings is 1. The Morgan fingerprint density at radius 3 is 2.41 bits per heavy atom. The van der Waals surface area contributed by atoms with Crippen molar-refractivity contribution in [2.75, 3.05) is 49.5 Å². The molecule has 1 saturated carbocycles. The molecule has 59 heavy (non-hydrogen) atoms. The molecule has 4 fully saturated rings. The Kier molecular flexibility index (Phi) is 12.9. The average molecular weight is 852 g/mol. The molecule has 2 aromatic heterocycles. The molecule has 1 unspecified atom stereocenters. The minimum absolute atomic E-state index is 0.00892. The number of nitrogens with zero attached hydrogens (tertiary/aromatic N) is 7. The van der Waals surface area contributed by atoms with Crippen LogP contribution in [0.25, 0.3) is 0 Å². The van der Waals surface area contributed by atoms with Gasteiger partial charge in [0, 0.05) is 45.2 Å². The highest BCUT2D eigenvalue weighted by molar-refractivity contribution is 7.80. The van der Waals surface area contributed by atoms with Crippen LogP contribution in [0.2, 0.25) is 0 Å². The van der Waals surface area contributed by atoms with Crippen LogP contribution in [0.3, 0.4) is 0 Å². The second-order valence-corrected chi connectivity index (χ2v) is 15.9. The van der Waals surface area contributed by atoms with Crippen LogP contribution in [-0.4, -0.2) is 123 Å². The molecule has 2 aromatic rings. The summed E-state index contributed by atoms with van der Waals surface area (Å²) in [7, 11) is 0. The first-order valence-corrected chi connectivity index (χ1v) is 19.6. The van der Waals surface area contributed by atoms with Crippen molar-refractivity contribution in [2.45, 2.75) is 101 Å². The number of nitrogens with one attached hydrogen (secondary N) is 2. The van der Waals surface area contributed by atoms with Crippen molar-refractivity contribution in [3.05, 3.63) is 47.5 Å². The Balaban J connectivity index is 0.945. The lowest BCUT2D eigenvalue weighted by molar-refractivity contribution is -0.197. The molecule has 0 bridgehead atoms. The minimum Gasteiger partial charge on any atom is -0.378 e. The number of hydrogen-bond acceptors (Lipinski definition) is 11. The minimum atomic E-state index is -4.87. The number of aromatic nitrogens is 2. The van der Waals surface area contributed by atoms with Crippen molar-refractivity contribution < 1.29 is 50.3 Å². The van der Waals surface area contributed by atoms with E-state index in [0.717, 1.165) is 16.0 Å². The van der Waals surface area contributed by atoms with E-state index in [-0.39, 0.29) is 54.1 Å². The van der Waals surface area contributed by atoms with Crippen molar-refractivity contribution in [3.63, 3.8) is 0 Å². The quantitative estimate of drug-likeness (QED) is 0.141. The molecule has 0 spiro atoms. The first kappa shape index (κ1) is 43.8. The maximum atomic E-state index is 14.2. The lowest BCUT2D eigenvalue weighted by Crippen LogP contribution is -2.60. The number of amides is 4. The van der Waals surface area contributed by atoms with Crippen LogP contribution < -0.4 is 15.5 Å². The van der Waals surface area contributed by atoms with E-state index in [9.17, 15) is 45.5 Å². The second kappa shape index (κ2) is 17.4. The monoisotopic (exact) mass is 851 g/mol. The number of carbonyl (C=O) groups is 4. The fraction of sp³-hybridized carbons (Fsp3) is 0.579. The third-order valence-corrected chi connectivity index (χ3v) is 11.6. The number of hydrogen-bond donors (Lipinski definition) is 2. The standard InChI is InChI=1S/C38H43F6N9O5S/c1-36(2)34(57)52(24-16-27(37(39,40)41)29(17-45)47-19-24)35(59)53(36)23-5-7-25(8-6-23)58-15-3-12-50-13-14-51(30(20-50)38(42,43)44)21-32(55)48-22-4-10-28(46-18-22)26-9-11-31(54)49-33(26)56/h4,10,16,18-19,23,25-26,30H,3,5-9,11-15,20-21H2,1-2H3,(H,48,55)(H,49,54,56)/t23-,25-,26?,30-/m1/s1. The summed E-state index contributed by atoms with van der Waals surface area (Å²) in [6, 6.07) is 3.10. The molecule has 2 N–H and O–H groups in total. The SMILES string of the molecule is CC1(C)C(=O)N(c2cnc(C#N)c(C(F)(F)F)c2)C(=S)N1[C@H]1CC[C@H](OCCCN2CCN(CC(=O)Nc3ccc(C4CCC(=O)NC4=O)nc3)[C@@H](C(F)(F)F)C2)CC1. The van der Waals surface area contributed by atoms with Gasteiger partial charge in [0.2, 0.25) is 17.7 Å². The maximum Gasteiger partial charge on any atom is 0.419 e. The van der Waals surface area contributed by atoms with Crippen LogP contribution in [-0.2, 0) is 30.1 Å². The molecular weight excluding hydrogens is 809 g/mol. The summed E-state index contributed by atoms with van der Waals surface area (Å²) in [6.07, 6.45) is -3.96. The van der Waals surface area contributed by atoms with Gasteiger partial charge in [-0.3, -0.25) is 39.3 Å². The maximum absolute atomic E-state index is 14.2. The smallest absolute Gasteiger partial charge is 0.378 e. The number of nitriles is 1. The molecule has 3 saturated heterocycles. The number of rotatable bonds is 11.